The molecular weight excluding hydrogens is 269 g/mol. The molecule has 0 saturated heterocycles. The number of amides is 1. The van der Waals surface area contributed by atoms with Crippen molar-refractivity contribution in [3.8, 4) is 0 Å². The molecule has 108 valence electrons. The third kappa shape index (κ3) is 2.59. The lowest BCUT2D eigenvalue weighted by molar-refractivity contribution is -0.119. The molecule has 1 amide bonds. The summed E-state index contributed by atoms with van der Waals surface area (Å²) in [4.78, 5) is 18.1. The number of hydrogen-bond donors (Lipinski definition) is 1. The molecule has 0 unspecified atom stereocenters. The van der Waals surface area contributed by atoms with E-state index in [0.29, 0.717) is 25.1 Å². The molecule has 21 heavy (non-hydrogen) atoms. The largest absolute Gasteiger partial charge is 0.373 e. The van der Waals surface area contributed by atoms with E-state index in [0.717, 1.165) is 16.9 Å². The quantitative estimate of drug-likeness (QED) is 0.943. The molecular formula is C16H16FN3O. The highest BCUT2D eigenvalue weighted by Gasteiger charge is 2.25. The van der Waals surface area contributed by atoms with Crippen molar-refractivity contribution in [2.75, 3.05) is 17.3 Å². The maximum Gasteiger partial charge on any atom is 0.227 e. The molecule has 3 rings (SSSR count). The Morgan fingerprint density at radius 2 is 2.19 bits per heavy atom. The number of halogens is 1. The maximum absolute atomic E-state index is 13.5. The number of hydrogen-bond acceptors (Lipinski definition) is 3. The summed E-state index contributed by atoms with van der Waals surface area (Å²) >= 11 is 0. The second-order valence-electron chi connectivity index (χ2n) is 5.01. The molecule has 4 nitrogen and oxygen atoms in total. The number of nitrogens with one attached hydrogen (secondary N) is 1. The zero-order valence-electron chi connectivity index (χ0n) is 11.8. The Morgan fingerprint density at radius 3 is 3.00 bits per heavy atom. The van der Waals surface area contributed by atoms with Crippen LogP contribution in [0.25, 0.3) is 0 Å². The van der Waals surface area contributed by atoms with Gasteiger partial charge in [-0.25, -0.2) is 9.37 Å². The summed E-state index contributed by atoms with van der Waals surface area (Å²) in [5, 5.41) is 3.01. The van der Waals surface area contributed by atoms with Crippen LogP contribution in [-0.2, 0) is 17.8 Å². The van der Waals surface area contributed by atoms with E-state index in [9.17, 15) is 9.18 Å². The summed E-state index contributed by atoms with van der Waals surface area (Å²) in [7, 11) is 1.79. The number of nitrogens with zero attached hydrogens (tertiary/aromatic N) is 2. The zero-order valence-corrected chi connectivity index (χ0v) is 11.8. The van der Waals surface area contributed by atoms with Crippen molar-refractivity contribution in [2.45, 2.75) is 19.4 Å². The number of fused-ring (bicyclic) bond motifs is 1. The van der Waals surface area contributed by atoms with E-state index in [1.54, 1.807) is 24.2 Å². The maximum atomic E-state index is 13.5. The lowest BCUT2D eigenvalue weighted by Crippen LogP contribution is -2.34. The van der Waals surface area contributed by atoms with Crippen LogP contribution in [0.3, 0.4) is 0 Å². The van der Waals surface area contributed by atoms with Crippen LogP contribution < -0.4 is 10.2 Å². The van der Waals surface area contributed by atoms with Gasteiger partial charge in [0.2, 0.25) is 5.91 Å². The Kier molecular flexibility index (Phi) is 3.56. The number of carbonyl (C=O) groups is 1. The molecule has 2 heterocycles. The highest BCUT2D eigenvalue weighted by atomic mass is 19.1. The first-order valence-corrected chi connectivity index (χ1v) is 6.89. The Balaban J connectivity index is 1.98. The molecule has 5 heteroatoms. The monoisotopic (exact) mass is 285 g/mol. The number of rotatable bonds is 3. The minimum atomic E-state index is -0.325. The zero-order chi connectivity index (χ0) is 14.8. The minimum absolute atomic E-state index is 0.0130. The molecule has 0 bridgehead atoms. The van der Waals surface area contributed by atoms with Crippen molar-refractivity contribution in [3.63, 3.8) is 0 Å². The van der Waals surface area contributed by atoms with Crippen molar-refractivity contribution in [1.82, 2.24) is 4.98 Å². The van der Waals surface area contributed by atoms with Gasteiger partial charge in [-0.15, -0.1) is 0 Å². The Morgan fingerprint density at radius 1 is 1.33 bits per heavy atom. The van der Waals surface area contributed by atoms with Crippen LogP contribution in [0, 0.1) is 5.82 Å². The normalized spacial score (nSPS) is 14.0. The second kappa shape index (κ2) is 5.52. The molecule has 1 N–H and O–H groups in total. The molecule has 0 spiro atoms. The van der Waals surface area contributed by atoms with Gasteiger partial charge in [0.05, 0.1) is 12.2 Å². The first-order chi connectivity index (χ1) is 10.2. The topological polar surface area (TPSA) is 45.2 Å². The fourth-order valence-corrected chi connectivity index (χ4v) is 2.65. The summed E-state index contributed by atoms with van der Waals surface area (Å²) in [6.45, 7) is 0.388. The van der Waals surface area contributed by atoms with Crippen molar-refractivity contribution < 1.29 is 9.18 Å². The van der Waals surface area contributed by atoms with Gasteiger partial charge in [-0.1, -0.05) is 12.1 Å². The van der Waals surface area contributed by atoms with Crippen molar-refractivity contribution >= 4 is 17.4 Å². The Bertz CT molecular complexity index is 687. The highest BCUT2D eigenvalue weighted by Crippen LogP contribution is 2.30. The smallest absolute Gasteiger partial charge is 0.227 e. The second-order valence-corrected chi connectivity index (χ2v) is 5.01. The third-order valence-corrected chi connectivity index (χ3v) is 3.70. The number of anilines is 2. The standard InChI is InChI=1S/C16H16FN3O/c1-18-16-12(3-2-8-19-16)10-20-14-9-13(17)6-4-11(14)5-7-15(20)21/h2-4,6,8-9H,5,7,10H2,1H3,(H,18,19). The van der Waals surface area contributed by atoms with Crippen molar-refractivity contribution in [2.24, 2.45) is 0 Å². The lowest BCUT2D eigenvalue weighted by Gasteiger charge is -2.30. The van der Waals surface area contributed by atoms with E-state index in [2.05, 4.69) is 10.3 Å². The summed E-state index contributed by atoms with van der Waals surface area (Å²) in [5.41, 5.74) is 2.58. The van der Waals surface area contributed by atoms with Crippen LogP contribution in [0.15, 0.2) is 36.5 Å². The van der Waals surface area contributed by atoms with Gasteiger partial charge < -0.3 is 10.2 Å². The first kappa shape index (κ1) is 13.5. The summed E-state index contributed by atoms with van der Waals surface area (Å²) in [5.74, 6) is 0.418. The van der Waals surface area contributed by atoms with Crippen LogP contribution in [0.5, 0.6) is 0 Å². The Labute approximate surface area is 122 Å². The predicted octanol–water partition coefficient (Wildman–Crippen LogP) is 2.74. The van der Waals surface area contributed by atoms with Gasteiger partial charge in [0.25, 0.3) is 0 Å². The van der Waals surface area contributed by atoms with Gasteiger partial charge in [-0.3, -0.25) is 4.79 Å². The van der Waals surface area contributed by atoms with Crippen LogP contribution in [0.2, 0.25) is 0 Å². The van der Waals surface area contributed by atoms with Gasteiger partial charge in [-0.2, -0.15) is 0 Å². The van der Waals surface area contributed by atoms with E-state index in [1.165, 1.54) is 12.1 Å². The SMILES string of the molecule is CNc1ncccc1CN1C(=O)CCc2ccc(F)cc21. The van der Waals surface area contributed by atoms with E-state index in [4.69, 9.17) is 0 Å². The number of benzene rings is 1. The van der Waals surface area contributed by atoms with Crippen molar-refractivity contribution in [3.05, 3.63) is 53.5 Å². The highest BCUT2D eigenvalue weighted by molar-refractivity contribution is 5.96. The summed E-state index contributed by atoms with van der Waals surface area (Å²) in [6.07, 6.45) is 2.81. The van der Waals surface area contributed by atoms with Gasteiger partial charge in [0.1, 0.15) is 11.6 Å². The predicted molar refractivity (Wildman–Crippen MR) is 79.7 cm³/mol. The van der Waals surface area contributed by atoms with Crippen molar-refractivity contribution in [1.29, 1.82) is 0 Å². The first-order valence-electron chi connectivity index (χ1n) is 6.89. The average Bonchev–Trinajstić information content (AvgIpc) is 2.50. The van der Waals surface area contributed by atoms with E-state index < -0.39 is 0 Å². The van der Waals surface area contributed by atoms with Gasteiger partial charge >= 0.3 is 0 Å². The van der Waals surface area contributed by atoms with Crippen LogP contribution in [0.4, 0.5) is 15.9 Å². The molecule has 0 atom stereocenters. The molecule has 0 saturated carbocycles. The molecule has 2 aromatic rings. The molecule has 0 aliphatic carbocycles. The Hall–Kier alpha value is -2.43. The number of carbonyl (C=O) groups excluding carboxylic acids is 1. The van der Waals surface area contributed by atoms with Crippen LogP contribution >= 0.6 is 0 Å². The van der Waals surface area contributed by atoms with E-state index >= 15 is 0 Å². The average molecular weight is 285 g/mol. The summed E-state index contributed by atoms with van der Waals surface area (Å²) in [6, 6.07) is 8.38. The fraction of sp³-hybridized carbons (Fsp3) is 0.250. The van der Waals surface area contributed by atoms with E-state index in [1.807, 2.05) is 12.1 Å². The van der Waals surface area contributed by atoms with Crippen LogP contribution in [-0.4, -0.2) is 17.9 Å². The van der Waals surface area contributed by atoms with E-state index in [-0.39, 0.29) is 11.7 Å². The lowest BCUT2D eigenvalue weighted by atomic mass is 10.0. The van der Waals surface area contributed by atoms with Crippen LogP contribution in [0.1, 0.15) is 17.5 Å². The molecule has 1 aliphatic rings. The summed E-state index contributed by atoms with van der Waals surface area (Å²) < 4.78 is 13.5. The van der Waals surface area contributed by atoms with Gasteiger partial charge in [0, 0.05) is 25.2 Å². The molecule has 1 aliphatic heterocycles. The fourth-order valence-electron chi connectivity index (χ4n) is 2.65. The third-order valence-electron chi connectivity index (χ3n) is 3.70. The molecule has 0 fully saturated rings. The number of pyridine rings is 1. The van der Waals surface area contributed by atoms with Gasteiger partial charge in [-0.05, 0) is 30.2 Å². The number of aromatic nitrogens is 1. The number of aryl methyl sites for hydroxylation is 1. The van der Waals surface area contributed by atoms with Gasteiger partial charge in [0.15, 0.2) is 0 Å². The molecule has 1 aromatic heterocycles. The minimum Gasteiger partial charge on any atom is -0.373 e. The molecule has 0 radical (unpaired) electrons. The molecule has 1 aromatic carbocycles.